The minimum Gasteiger partial charge on any atom is -0.493 e. The third kappa shape index (κ3) is 2.78. The lowest BCUT2D eigenvalue weighted by Gasteiger charge is -2.23. The fourth-order valence-electron chi connectivity index (χ4n) is 2.54. The number of para-hydroxylation sites is 2. The molecule has 25 heavy (non-hydrogen) atoms. The normalized spacial score (nSPS) is 16.4. The first-order chi connectivity index (χ1) is 12.1. The average Bonchev–Trinajstić information content (AvgIpc) is 2.93. The highest BCUT2D eigenvalue weighted by Crippen LogP contribution is 2.36. The summed E-state index contributed by atoms with van der Waals surface area (Å²) in [5, 5.41) is 17.5. The van der Waals surface area contributed by atoms with Crippen LogP contribution in [-0.2, 0) is 4.79 Å². The summed E-state index contributed by atoms with van der Waals surface area (Å²) in [6.45, 7) is 0.00333. The number of fused-ring (bicyclic) bond motifs is 2. The number of H-pyrrole nitrogens is 1. The maximum atomic E-state index is 13.4. The van der Waals surface area contributed by atoms with Gasteiger partial charge < -0.3 is 19.6 Å². The predicted molar refractivity (Wildman–Crippen MR) is 85.8 cm³/mol. The number of benzene rings is 2. The van der Waals surface area contributed by atoms with Crippen molar-refractivity contribution < 1.29 is 23.8 Å². The second kappa shape index (κ2) is 5.90. The summed E-state index contributed by atoms with van der Waals surface area (Å²) in [5.74, 6) is -0.467. The zero-order valence-electron chi connectivity index (χ0n) is 12.8. The summed E-state index contributed by atoms with van der Waals surface area (Å²) in [6.07, 6.45) is -0.942. The second-order valence-corrected chi connectivity index (χ2v) is 5.41. The fraction of sp³-hybridized carbons (Fsp3) is 0.118. The summed E-state index contributed by atoms with van der Waals surface area (Å²) in [4.78, 5) is 14.8. The third-order valence-corrected chi connectivity index (χ3v) is 3.75. The van der Waals surface area contributed by atoms with Crippen molar-refractivity contribution in [2.75, 3.05) is 6.61 Å². The molecule has 3 aromatic rings. The highest BCUT2D eigenvalue weighted by Gasteiger charge is 2.27. The molecule has 1 aliphatic rings. The number of halogens is 1. The van der Waals surface area contributed by atoms with E-state index in [1.807, 2.05) is 0 Å². The van der Waals surface area contributed by atoms with Gasteiger partial charge in [-0.1, -0.05) is 12.1 Å². The number of aromatic amines is 1. The maximum Gasteiger partial charge on any atom is 0.308 e. The summed E-state index contributed by atoms with van der Waals surface area (Å²) in [6, 6.07) is 10.9. The van der Waals surface area contributed by atoms with Gasteiger partial charge in [0, 0.05) is 5.39 Å². The number of amides is 1. The van der Waals surface area contributed by atoms with Crippen LogP contribution in [-0.4, -0.2) is 28.7 Å². The van der Waals surface area contributed by atoms with E-state index in [0.29, 0.717) is 22.4 Å². The first-order valence-electron chi connectivity index (χ1n) is 7.46. The molecule has 0 fully saturated rings. The van der Waals surface area contributed by atoms with Crippen LogP contribution in [0.3, 0.4) is 0 Å². The van der Waals surface area contributed by atoms with Crippen LogP contribution in [0.1, 0.15) is 0 Å². The number of aromatic nitrogens is 1. The Morgan fingerprint density at radius 1 is 1.24 bits per heavy atom. The average molecular weight is 341 g/mol. The molecule has 0 aliphatic carbocycles. The molecular formula is C17H12FN3O4. The standard InChI is InChI=1S/C17H12FN3O4/c18-9-5-6-11-10(7-9)15(17(23)19-11)20-21-16(22)14-8-24-12-3-1-2-4-13(12)25-14/h1-7,14,19,23H,8H2/t14-/m0/s1. The molecule has 0 radical (unpaired) electrons. The van der Waals surface area contributed by atoms with E-state index in [1.165, 1.54) is 18.2 Å². The molecule has 1 amide bonds. The molecular weight excluding hydrogens is 329 g/mol. The van der Waals surface area contributed by atoms with E-state index in [-0.39, 0.29) is 18.2 Å². The Morgan fingerprint density at radius 3 is 2.88 bits per heavy atom. The van der Waals surface area contributed by atoms with Crippen LogP contribution in [0.5, 0.6) is 17.4 Å². The van der Waals surface area contributed by atoms with E-state index in [1.54, 1.807) is 24.3 Å². The number of hydrogen-bond donors (Lipinski definition) is 2. The molecule has 4 rings (SSSR count). The molecule has 0 spiro atoms. The molecule has 0 bridgehead atoms. The van der Waals surface area contributed by atoms with Crippen molar-refractivity contribution in [3.63, 3.8) is 0 Å². The van der Waals surface area contributed by atoms with Gasteiger partial charge in [-0.25, -0.2) is 4.39 Å². The second-order valence-electron chi connectivity index (χ2n) is 5.41. The van der Waals surface area contributed by atoms with Gasteiger partial charge in [0.1, 0.15) is 12.4 Å². The fourth-order valence-corrected chi connectivity index (χ4v) is 2.54. The SMILES string of the molecule is O=C(N=Nc1c(O)[nH]c2ccc(F)cc12)[C@@H]1COc2ccccc2O1. The number of carbonyl (C=O) groups is 1. The monoisotopic (exact) mass is 341 g/mol. The van der Waals surface area contributed by atoms with Gasteiger partial charge in [-0.05, 0) is 30.3 Å². The molecule has 2 heterocycles. The number of azo groups is 1. The van der Waals surface area contributed by atoms with Gasteiger partial charge in [0.2, 0.25) is 12.0 Å². The van der Waals surface area contributed by atoms with Gasteiger partial charge in [0.25, 0.3) is 0 Å². The molecule has 1 aliphatic heterocycles. The molecule has 126 valence electrons. The van der Waals surface area contributed by atoms with Gasteiger partial charge in [-0.3, -0.25) is 4.79 Å². The van der Waals surface area contributed by atoms with Crippen LogP contribution in [0.2, 0.25) is 0 Å². The number of hydrogen-bond acceptors (Lipinski definition) is 5. The highest BCUT2D eigenvalue weighted by molar-refractivity contribution is 5.94. The van der Waals surface area contributed by atoms with Crippen molar-refractivity contribution in [2.45, 2.75) is 6.10 Å². The van der Waals surface area contributed by atoms with Crippen molar-refractivity contribution in [3.8, 4) is 17.4 Å². The maximum absolute atomic E-state index is 13.4. The van der Waals surface area contributed by atoms with Crippen LogP contribution in [0.15, 0.2) is 52.7 Å². The summed E-state index contributed by atoms with van der Waals surface area (Å²) in [5.41, 5.74) is 0.464. The lowest BCUT2D eigenvalue weighted by atomic mass is 10.2. The molecule has 2 N–H and O–H groups in total. The van der Waals surface area contributed by atoms with E-state index in [0.717, 1.165) is 0 Å². The Morgan fingerprint density at radius 2 is 2.04 bits per heavy atom. The zero-order chi connectivity index (χ0) is 17.4. The van der Waals surface area contributed by atoms with Gasteiger partial charge in [0.15, 0.2) is 17.2 Å². The molecule has 0 saturated heterocycles. The molecule has 1 atom stereocenters. The largest absolute Gasteiger partial charge is 0.493 e. The summed E-state index contributed by atoms with van der Waals surface area (Å²) >= 11 is 0. The van der Waals surface area contributed by atoms with Gasteiger partial charge in [-0.2, -0.15) is 0 Å². The predicted octanol–water partition coefficient (Wildman–Crippen LogP) is 3.46. The number of nitrogens with zero attached hydrogens (tertiary/aromatic N) is 2. The Hall–Kier alpha value is -3.42. The van der Waals surface area contributed by atoms with Crippen molar-refractivity contribution in [1.82, 2.24) is 4.98 Å². The Labute approximate surface area is 140 Å². The number of aromatic hydroxyl groups is 1. The van der Waals surface area contributed by atoms with E-state index < -0.39 is 17.8 Å². The Bertz CT molecular complexity index is 999. The van der Waals surface area contributed by atoms with Crippen LogP contribution in [0.4, 0.5) is 10.1 Å². The molecule has 8 heteroatoms. The molecule has 2 aromatic carbocycles. The summed E-state index contributed by atoms with van der Waals surface area (Å²) in [7, 11) is 0. The van der Waals surface area contributed by atoms with E-state index in [4.69, 9.17) is 9.47 Å². The van der Waals surface area contributed by atoms with Gasteiger partial charge >= 0.3 is 5.91 Å². The molecule has 1 aromatic heterocycles. The smallest absolute Gasteiger partial charge is 0.308 e. The van der Waals surface area contributed by atoms with Crippen molar-refractivity contribution in [1.29, 1.82) is 0 Å². The molecule has 0 saturated carbocycles. The molecule has 7 nitrogen and oxygen atoms in total. The van der Waals surface area contributed by atoms with Crippen LogP contribution in [0.25, 0.3) is 10.9 Å². The minimum absolute atomic E-state index is 0.00333. The van der Waals surface area contributed by atoms with Crippen LogP contribution >= 0.6 is 0 Å². The number of nitrogens with one attached hydrogen (secondary N) is 1. The van der Waals surface area contributed by atoms with Gasteiger partial charge in [-0.15, -0.1) is 10.2 Å². The Kier molecular flexibility index (Phi) is 3.57. The quantitative estimate of drug-likeness (QED) is 0.698. The highest BCUT2D eigenvalue weighted by atomic mass is 19.1. The first kappa shape index (κ1) is 15.1. The van der Waals surface area contributed by atoms with Crippen LogP contribution < -0.4 is 9.47 Å². The van der Waals surface area contributed by atoms with Crippen LogP contribution in [0, 0.1) is 5.82 Å². The van der Waals surface area contributed by atoms with Crippen molar-refractivity contribution in [3.05, 3.63) is 48.3 Å². The zero-order valence-corrected chi connectivity index (χ0v) is 12.8. The summed E-state index contributed by atoms with van der Waals surface area (Å²) < 4.78 is 24.4. The lowest BCUT2D eigenvalue weighted by molar-refractivity contribution is -0.127. The number of carbonyl (C=O) groups excluding carboxylic acids is 1. The van der Waals surface area contributed by atoms with E-state index in [9.17, 15) is 14.3 Å². The first-order valence-corrected chi connectivity index (χ1v) is 7.46. The topological polar surface area (TPSA) is 96.3 Å². The van der Waals surface area contributed by atoms with Gasteiger partial charge in [0.05, 0.1) is 5.52 Å². The van der Waals surface area contributed by atoms with E-state index in [2.05, 4.69) is 15.2 Å². The lowest BCUT2D eigenvalue weighted by Crippen LogP contribution is -2.35. The third-order valence-electron chi connectivity index (χ3n) is 3.75. The number of ether oxygens (including phenoxy) is 2. The molecule has 0 unspecified atom stereocenters. The Balaban J connectivity index is 1.57. The minimum atomic E-state index is -0.942. The number of rotatable bonds is 2. The van der Waals surface area contributed by atoms with E-state index >= 15 is 0 Å². The van der Waals surface area contributed by atoms with Crippen molar-refractivity contribution in [2.24, 2.45) is 10.2 Å². The van der Waals surface area contributed by atoms with Crippen molar-refractivity contribution >= 4 is 22.5 Å².